The van der Waals surface area contributed by atoms with Crippen molar-refractivity contribution in [2.45, 2.75) is 10.8 Å². The predicted molar refractivity (Wildman–Crippen MR) is 57.5 cm³/mol. The van der Waals surface area contributed by atoms with Crippen LogP contribution in [0.4, 0.5) is 0 Å². The average Bonchev–Trinajstić information content (AvgIpc) is 2.67. The normalized spacial score (nSPS) is 10.4. The van der Waals surface area contributed by atoms with Gasteiger partial charge in [-0.25, -0.2) is 4.98 Å². The molecule has 2 nitrogen and oxygen atoms in total. The van der Waals surface area contributed by atoms with E-state index in [0.717, 1.165) is 16.5 Å². The minimum atomic E-state index is 0.523. The summed E-state index contributed by atoms with van der Waals surface area (Å²) in [5.74, 6) is 1.72. The minimum Gasteiger partial charge on any atom is -0.468 e. The van der Waals surface area contributed by atoms with Gasteiger partial charge in [0.2, 0.25) is 0 Å². The minimum absolute atomic E-state index is 0.523. The van der Waals surface area contributed by atoms with Gasteiger partial charge >= 0.3 is 0 Å². The Morgan fingerprint density at radius 1 is 1.29 bits per heavy atom. The summed E-state index contributed by atoms with van der Waals surface area (Å²) < 4.78 is 5.20. The van der Waals surface area contributed by atoms with Gasteiger partial charge in [-0.15, -0.1) is 0 Å². The zero-order chi connectivity index (χ0) is 9.80. The van der Waals surface area contributed by atoms with Gasteiger partial charge in [0.15, 0.2) is 0 Å². The Morgan fingerprint density at radius 2 is 2.21 bits per heavy atom. The number of pyridine rings is 1. The Kier molecular flexibility index (Phi) is 3.11. The summed E-state index contributed by atoms with van der Waals surface area (Å²) in [7, 11) is 0. The molecule has 0 unspecified atom stereocenters. The molecule has 0 fully saturated rings. The van der Waals surface area contributed by atoms with Crippen molar-refractivity contribution in [2.24, 2.45) is 0 Å². The second kappa shape index (κ2) is 4.53. The van der Waals surface area contributed by atoms with E-state index in [1.165, 1.54) is 0 Å². The zero-order valence-corrected chi connectivity index (χ0v) is 8.89. The lowest BCUT2D eigenvalue weighted by Gasteiger charge is -1.98. The third kappa shape index (κ3) is 2.53. The van der Waals surface area contributed by atoms with E-state index in [-0.39, 0.29) is 0 Å². The van der Waals surface area contributed by atoms with E-state index in [0.29, 0.717) is 5.15 Å². The monoisotopic (exact) mass is 225 g/mol. The number of nitrogens with zero attached hydrogens (tertiary/aromatic N) is 1. The molecule has 2 heterocycles. The lowest BCUT2D eigenvalue weighted by molar-refractivity contribution is 0.530. The van der Waals surface area contributed by atoms with Gasteiger partial charge in [-0.1, -0.05) is 29.4 Å². The van der Waals surface area contributed by atoms with Gasteiger partial charge < -0.3 is 4.42 Å². The molecule has 0 aliphatic carbocycles. The Labute approximate surface area is 91.3 Å². The van der Waals surface area contributed by atoms with Gasteiger partial charge in [0, 0.05) is 0 Å². The van der Waals surface area contributed by atoms with Gasteiger partial charge in [-0.05, 0) is 24.3 Å². The van der Waals surface area contributed by atoms with E-state index in [1.807, 2.05) is 24.3 Å². The second-order valence-electron chi connectivity index (χ2n) is 2.67. The lowest BCUT2D eigenvalue weighted by atomic mass is 10.5. The molecule has 0 atom stereocenters. The smallest absolute Gasteiger partial charge is 0.130 e. The molecule has 14 heavy (non-hydrogen) atoms. The van der Waals surface area contributed by atoms with Crippen molar-refractivity contribution in [2.75, 3.05) is 0 Å². The molecule has 0 aliphatic rings. The Bertz CT molecular complexity index is 402. The molecule has 2 aromatic heterocycles. The first-order valence-electron chi connectivity index (χ1n) is 4.12. The molecule has 0 aromatic carbocycles. The zero-order valence-electron chi connectivity index (χ0n) is 7.31. The lowest BCUT2D eigenvalue weighted by Crippen LogP contribution is -1.81. The maximum absolute atomic E-state index is 5.76. The van der Waals surface area contributed by atoms with Gasteiger partial charge in [0.25, 0.3) is 0 Å². The van der Waals surface area contributed by atoms with Crippen LogP contribution in [0, 0.1) is 0 Å². The Balaban J connectivity index is 1.98. The number of aromatic nitrogens is 1. The van der Waals surface area contributed by atoms with E-state index in [1.54, 1.807) is 24.1 Å². The summed E-state index contributed by atoms with van der Waals surface area (Å²) in [5, 5.41) is 1.43. The topological polar surface area (TPSA) is 26.0 Å². The fraction of sp³-hybridized carbons (Fsp3) is 0.100. The first-order chi connectivity index (χ1) is 6.84. The number of thioether (sulfide) groups is 1. The Morgan fingerprint density at radius 3 is 2.93 bits per heavy atom. The summed E-state index contributed by atoms with van der Waals surface area (Å²) in [6, 6.07) is 9.40. The molecule has 0 radical (unpaired) electrons. The van der Waals surface area contributed by atoms with Crippen molar-refractivity contribution < 1.29 is 4.42 Å². The highest BCUT2D eigenvalue weighted by atomic mass is 35.5. The summed E-state index contributed by atoms with van der Waals surface area (Å²) in [5.41, 5.74) is 0. The van der Waals surface area contributed by atoms with E-state index in [9.17, 15) is 0 Å². The first-order valence-corrected chi connectivity index (χ1v) is 5.49. The van der Waals surface area contributed by atoms with Crippen molar-refractivity contribution in [3.05, 3.63) is 47.5 Å². The van der Waals surface area contributed by atoms with Crippen molar-refractivity contribution in [3.8, 4) is 0 Å². The number of hydrogen-bond acceptors (Lipinski definition) is 3. The molecule has 0 N–H and O–H groups in total. The molecule has 0 aliphatic heterocycles. The SMILES string of the molecule is Clc1cccc(SCc2ccco2)n1. The van der Waals surface area contributed by atoms with E-state index in [4.69, 9.17) is 16.0 Å². The highest BCUT2D eigenvalue weighted by Gasteiger charge is 1.99. The molecule has 72 valence electrons. The van der Waals surface area contributed by atoms with Crippen molar-refractivity contribution >= 4 is 23.4 Å². The van der Waals surface area contributed by atoms with Crippen molar-refractivity contribution in [1.29, 1.82) is 0 Å². The second-order valence-corrected chi connectivity index (χ2v) is 4.05. The van der Waals surface area contributed by atoms with Crippen LogP contribution in [0.2, 0.25) is 5.15 Å². The highest BCUT2D eigenvalue weighted by molar-refractivity contribution is 7.98. The molecule has 0 spiro atoms. The van der Waals surface area contributed by atoms with E-state index in [2.05, 4.69) is 4.98 Å². The van der Waals surface area contributed by atoms with Gasteiger partial charge in [0.1, 0.15) is 10.9 Å². The van der Waals surface area contributed by atoms with E-state index >= 15 is 0 Å². The number of furan rings is 1. The highest BCUT2D eigenvalue weighted by Crippen LogP contribution is 2.21. The molecular weight excluding hydrogens is 218 g/mol. The summed E-state index contributed by atoms with van der Waals surface area (Å²) >= 11 is 7.36. The van der Waals surface area contributed by atoms with Crippen molar-refractivity contribution in [1.82, 2.24) is 4.98 Å². The molecule has 4 heteroatoms. The van der Waals surface area contributed by atoms with Crippen LogP contribution < -0.4 is 0 Å². The maximum atomic E-state index is 5.76. The molecule has 0 amide bonds. The molecular formula is C10H8ClNOS. The van der Waals surface area contributed by atoms with E-state index < -0.39 is 0 Å². The standard InChI is InChI=1S/C10H8ClNOS/c11-9-4-1-5-10(12-9)14-7-8-3-2-6-13-8/h1-6H,7H2. The number of hydrogen-bond donors (Lipinski definition) is 0. The van der Waals surface area contributed by atoms with Crippen LogP contribution in [-0.4, -0.2) is 4.98 Å². The van der Waals surface area contributed by atoms with Crippen LogP contribution in [-0.2, 0) is 5.75 Å². The third-order valence-corrected chi connectivity index (χ3v) is 2.79. The summed E-state index contributed by atoms with van der Waals surface area (Å²) in [6.07, 6.45) is 1.67. The quantitative estimate of drug-likeness (QED) is 0.590. The van der Waals surface area contributed by atoms with Crippen LogP contribution >= 0.6 is 23.4 Å². The first kappa shape index (κ1) is 9.62. The molecule has 0 saturated carbocycles. The largest absolute Gasteiger partial charge is 0.468 e. The number of rotatable bonds is 3. The average molecular weight is 226 g/mol. The fourth-order valence-electron chi connectivity index (χ4n) is 1.01. The van der Waals surface area contributed by atoms with Gasteiger partial charge in [-0.3, -0.25) is 0 Å². The third-order valence-electron chi connectivity index (χ3n) is 1.63. The molecule has 0 bridgehead atoms. The predicted octanol–water partition coefficient (Wildman–Crippen LogP) is 3.62. The number of halogens is 1. The maximum Gasteiger partial charge on any atom is 0.130 e. The molecule has 0 saturated heterocycles. The van der Waals surface area contributed by atoms with Crippen LogP contribution in [0.25, 0.3) is 0 Å². The summed E-state index contributed by atoms with van der Waals surface area (Å²) in [4.78, 5) is 4.16. The molecule has 2 aromatic rings. The van der Waals surface area contributed by atoms with Crippen LogP contribution in [0.15, 0.2) is 46.0 Å². The van der Waals surface area contributed by atoms with Crippen LogP contribution in [0.1, 0.15) is 5.76 Å². The van der Waals surface area contributed by atoms with Crippen molar-refractivity contribution in [3.63, 3.8) is 0 Å². The Hall–Kier alpha value is -0.930. The fourth-order valence-corrected chi connectivity index (χ4v) is 2.02. The van der Waals surface area contributed by atoms with Crippen LogP contribution in [0.5, 0.6) is 0 Å². The van der Waals surface area contributed by atoms with Crippen LogP contribution in [0.3, 0.4) is 0 Å². The van der Waals surface area contributed by atoms with Gasteiger partial charge in [-0.2, -0.15) is 0 Å². The van der Waals surface area contributed by atoms with Gasteiger partial charge in [0.05, 0.1) is 17.0 Å². The summed E-state index contributed by atoms with van der Waals surface area (Å²) in [6.45, 7) is 0. The molecule has 2 rings (SSSR count).